The molecule has 98 valence electrons. The van der Waals surface area contributed by atoms with Crippen LogP contribution in [0.15, 0.2) is 42.6 Å². The first-order valence-corrected chi connectivity index (χ1v) is 6.73. The molecule has 0 radical (unpaired) electrons. The molecule has 3 rings (SSSR count). The Balaban J connectivity index is 1.78. The van der Waals surface area contributed by atoms with Crippen LogP contribution < -0.4 is 10.2 Å². The highest BCUT2D eigenvalue weighted by atomic mass is 15.1. The van der Waals surface area contributed by atoms with Gasteiger partial charge in [-0.05, 0) is 37.2 Å². The average molecular weight is 253 g/mol. The lowest BCUT2D eigenvalue weighted by molar-refractivity contribution is 0.632. The molecule has 1 N–H and O–H groups in total. The van der Waals surface area contributed by atoms with Gasteiger partial charge in [-0.2, -0.15) is 0 Å². The summed E-state index contributed by atoms with van der Waals surface area (Å²) in [6.45, 7) is 4.09. The quantitative estimate of drug-likeness (QED) is 0.911. The Morgan fingerprint density at radius 1 is 1.11 bits per heavy atom. The van der Waals surface area contributed by atoms with E-state index in [-0.39, 0.29) is 0 Å². The van der Waals surface area contributed by atoms with Crippen molar-refractivity contribution in [1.29, 1.82) is 0 Å². The molecule has 3 nitrogen and oxygen atoms in total. The third-order valence-corrected chi connectivity index (χ3v) is 3.85. The maximum atomic E-state index is 4.55. The zero-order chi connectivity index (χ0) is 13.2. The summed E-state index contributed by atoms with van der Waals surface area (Å²) in [6, 6.07) is 13.2. The maximum absolute atomic E-state index is 4.55. The summed E-state index contributed by atoms with van der Waals surface area (Å²) in [6.07, 6.45) is 1.98. The molecule has 3 heteroatoms. The maximum Gasteiger partial charge on any atom is 0.0571 e. The van der Waals surface area contributed by atoms with Crippen LogP contribution in [0.2, 0.25) is 0 Å². The summed E-state index contributed by atoms with van der Waals surface area (Å²) in [5, 5.41) is 3.21. The molecule has 0 aliphatic carbocycles. The molecule has 1 aromatic heterocycles. The molecular formula is C16H19N3. The SMILES string of the molecule is CNC(C)c1ccc(N2Cc3ccccc3C2)cn1. The van der Waals surface area contributed by atoms with Crippen molar-refractivity contribution in [2.45, 2.75) is 26.1 Å². The summed E-state index contributed by atoms with van der Waals surface area (Å²) in [5.74, 6) is 0. The van der Waals surface area contributed by atoms with Gasteiger partial charge in [0.05, 0.1) is 17.6 Å². The summed E-state index contributed by atoms with van der Waals surface area (Å²) in [4.78, 5) is 6.92. The van der Waals surface area contributed by atoms with Crippen LogP contribution in [-0.4, -0.2) is 12.0 Å². The van der Waals surface area contributed by atoms with Crippen molar-refractivity contribution in [2.75, 3.05) is 11.9 Å². The molecule has 2 aromatic rings. The lowest BCUT2D eigenvalue weighted by Gasteiger charge is -2.18. The van der Waals surface area contributed by atoms with Crippen LogP contribution in [0.5, 0.6) is 0 Å². The van der Waals surface area contributed by atoms with Gasteiger partial charge in [-0.25, -0.2) is 0 Å². The molecule has 1 aromatic carbocycles. The Morgan fingerprint density at radius 3 is 2.32 bits per heavy atom. The van der Waals surface area contributed by atoms with Gasteiger partial charge in [0.25, 0.3) is 0 Å². The van der Waals surface area contributed by atoms with E-state index in [4.69, 9.17) is 0 Å². The molecule has 0 amide bonds. The van der Waals surface area contributed by atoms with Crippen molar-refractivity contribution in [3.63, 3.8) is 0 Å². The van der Waals surface area contributed by atoms with Gasteiger partial charge in [-0.1, -0.05) is 24.3 Å². The number of anilines is 1. The largest absolute Gasteiger partial charge is 0.362 e. The van der Waals surface area contributed by atoms with Crippen LogP contribution in [-0.2, 0) is 13.1 Å². The van der Waals surface area contributed by atoms with Gasteiger partial charge in [0, 0.05) is 19.1 Å². The number of nitrogens with one attached hydrogen (secondary N) is 1. The lowest BCUT2D eigenvalue weighted by atomic mass is 10.1. The van der Waals surface area contributed by atoms with Gasteiger partial charge < -0.3 is 10.2 Å². The fourth-order valence-electron chi connectivity index (χ4n) is 2.50. The molecule has 1 aliphatic heterocycles. The second-order valence-corrected chi connectivity index (χ2v) is 5.08. The van der Waals surface area contributed by atoms with Crippen molar-refractivity contribution < 1.29 is 0 Å². The van der Waals surface area contributed by atoms with Crippen molar-refractivity contribution in [3.8, 4) is 0 Å². The normalized spacial score (nSPS) is 15.4. The summed E-state index contributed by atoms with van der Waals surface area (Å²) < 4.78 is 0. The molecule has 1 unspecified atom stereocenters. The van der Waals surface area contributed by atoms with Crippen LogP contribution in [0, 0.1) is 0 Å². The number of benzene rings is 1. The number of hydrogen-bond acceptors (Lipinski definition) is 3. The topological polar surface area (TPSA) is 28.2 Å². The van der Waals surface area contributed by atoms with Gasteiger partial charge in [0.1, 0.15) is 0 Å². The van der Waals surface area contributed by atoms with Crippen LogP contribution in [0.1, 0.15) is 29.8 Å². The Bertz CT molecular complexity index is 537. The van der Waals surface area contributed by atoms with E-state index < -0.39 is 0 Å². The fourth-order valence-corrected chi connectivity index (χ4v) is 2.50. The molecule has 0 saturated heterocycles. The van der Waals surface area contributed by atoms with Gasteiger partial charge in [0.2, 0.25) is 0 Å². The smallest absolute Gasteiger partial charge is 0.0571 e. The Labute approximate surface area is 114 Å². The van der Waals surface area contributed by atoms with E-state index in [0.29, 0.717) is 6.04 Å². The van der Waals surface area contributed by atoms with E-state index in [1.807, 2.05) is 13.2 Å². The third-order valence-electron chi connectivity index (χ3n) is 3.85. The molecule has 0 bridgehead atoms. The van der Waals surface area contributed by atoms with E-state index in [1.54, 1.807) is 0 Å². The van der Waals surface area contributed by atoms with Gasteiger partial charge in [0.15, 0.2) is 0 Å². The fraction of sp³-hybridized carbons (Fsp3) is 0.312. The zero-order valence-electron chi connectivity index (χ0n) is 11.4. The van der Waals surface area contributed by atoms with E-state index in [9.17, 15) is 0 Å². The lowest BCUT2D eigenvalue weighted by Crippen LogP contribution is -2.16. The number of pyridine rings is 1. The van der Waals surface area contributed by atoms with Crippen LogP contribution in [0.3, 0.4) is 0 Å². The molecule has 0 spiro atoms. The van der Waals surface area contributed by atoms with Crippen molar-refractivity contribution in [2.24, 2.45) is 0 Å². The average Bonchev–Trinajstić information content (AvgIpc) is 2.90. The molecule has 0 saturated carbocycles. The van der Waals surface area contributed by atoms with Crippen molar-refractivity contribution >= 4 is 5.69 Å². The minimum absolute atomic E-state index is 0.296. The number of fused-ring (bicyclic) bond motifs is 1. The Kier molecular flexibility index (Phi) is 3.22. The van der Waals surface area contributed by atoms with Crippen LogP contribution >= 0.6 is 0 Å². The molecule has 1 atom stereocenters. The number of aromatic nitrogens is 1. The monoisotopic (exact) mass is 253 g/mol. The summed E-state index contributed by atoms with van der Waals surface area (Å²) in [7, 11) is 1.96. The predicted molar refractivity (Wildman–Crippen MR) is 78.0 cm³/mol. The molecule has 0 fully saturated rings. The minimum Gasteiger partial charge on any atom is -0.362 e. The minimum atomic E-state index is 0.296. The highest BCUT2D eigenvalue weighted by Gasteiger charge is 2.18. The van der Waals surface area contributed by atoms with Crippen molar-refractivity contribution in [3.05, 3.63) is 59.4 Å². The van der Waals surface area contributed by atoms with Gasteiger partial charge in [-0.15, -0.1) is 0 Å². The number of rotatable bonds is 3. The molecular weight excluding hydrogens is 234 g/mol. The van der Waals surface area contributed by atoms with Crippen LogP contribution in [0.4, 0.5) is 5.69 Å². The third kappa shape index (κ3) is 2.34. The first-order valence-electron chi connectivity index (χ1n) is 6.73. The predicted octanol–water partition coefficient (Wildman–Crippen LogP) is 2.88. The van der Waals surface area contributed by atoms with E-state index in [0.717, 1.165) is 18.8 Å². The Morgan fingerprint density at radius 2 is 1.79 bits per heavy atom. The molecule has 19 heavy (non-hydrogen) atoms. The second kappa shape index (κ2) is 5.02. The van der Waals surface area contributed by atoms with Crippen molar-refractivity contribution in [1.82, 2.24) is 10.3 Å². The first-order chi connectivity index (χ1) is 9.28. The van der Waals surface area contributed by atoms with Gasteiger partial charge >= 0.3 is 0 Å². The van der Waals surface area contributed by atoms with E-state index in [2.05, 4.69) is 58.5 Å². The molecule has 1 aliphatic rings. The Hall–Kier alpha value is -1.87. The summed E-state index contributed by atoms with van der Waals surface area (Å²) in [5.41, 5.74) is 5.14. The number of hydrogen-bond donors (Lipinski definition) is 1. The summed E-state index contributed by atoms with van der Waals surface area (Å²) >= 11 is 0. The highest BCUT2D eigenvalue weighted by Crippen LogP contribution is 2.27. The standard InChI is InChI=1S/C16H19N3/c1-12(17-2)16-8-7-15(9-18-16)19-10-13-5-3-4-6-14(13)11-19/h3-9,12,17H,10-11H2,1-2H3. The second-order valence-electron chi connectivity index (χ2n) is 5.08. The van der Waals surface area contributed by atoms with Crippen LogP contribution in [0.25, 0.3) is 0 Å². The van der Waals surface area contributed by atoms with Gasteiger partial charge in [-0.3, -0.25) is 4.98 Å². The first kappa shape index (κ1) is 12.2. The van der Waals surface area contributed by atoms with E-state index in [1.165, 1.54) is 16.8 Å². The van der Waals surface area contributed by atoms with E-state index >= 15 is 0 Å². The molecule has 2 heterocycles. The number of nitrogens with zero attached hydrogens (tertiary/aromatic N) is 2. The zero-order valence-corrected chi connectivity index (χ0v) is 11.4. The highest BCUT2D eigenvalue weighted by molar-refractivity contribution is 5.50.